The molecular formula is C15H14O7. The predicted octanol–water partition coefficient (Wildman–Crippen LogP) is 1.25. The molecule has 22 heavy (non-hydrogen) atoms. The van der Waals surface area contributed by atoms with Gasteiger partial charge in [0.15, 0.2) is 17.6 Å². The maximum absolute atomic E-state index is 10.2. The van der Waals surface area contributed by atoms with Crippen LogP contribution in [0.1, 0.15) is 17.2 Å². The molecule has 116 valence electrons. The van der Waals surface area contributed by atoms with E-state index in [-0.39, 0.29) is 35.0 Å². The summed E-state index contributed by atoms with van der Waals surface area (Å²) in [5.41, 5.74) is 0.417. The normalized spacial score (nSPS) is 20.2. The number of hydrogen-bond donors (Lipinski definition) is 6. The van der Waals surface area contributed by atoms with Gasteiger partial charge < -0.3 is 35.4 Å². The molecule has 1 aliphatic rings. The van der Waals surface area contributed by atoms with Crippen molar-refractivity contribution < 1.29 is 35.4 Å². The third-order valence-electron chi connectivity index (χ3n) is 3.62. The van der Waals surface area contributed by atoms with E-state index in [1.54, 1.807) is 0 Å². The van der Waals surface area contributed by atoms with E-state index < -0.39 is 23.7 Å². The van der Waals surface area contributed by atoms with Gasteiger partial charge in [0.25, 0.3) is 0 Å². The smallest absolute Gasteiger partial charge is 0.161 e. The maximum Gasteiger partial charge on any atom is 0.161 e. The average molecular weight is 306 g/mol. The Labute approximate surface area is 124 Å². The predicted molar refractivity (Wildman–Crippen MR) is 74.3 cm³/mol. The first-order valence-electron chi connectivity index (χ1n) is 6.51. The lowest BCUT2D eigenvalue weighted by atomic mass is 9.93. The van der Waals surface area contributed by atoms with E-state index in [0.29, 0.717) is 5.56 Å². The minimum atomic E-state index is -1.10. The van der Waals surface area contributed by atoms with Gasteiger partial charge in [0.05, 0.1) is 6.10 Å². The molecule has 2 aromatic carbocycles. The van der Waals surface area contributed by atoms with Crippen LogP contribution in [0.15, 0.2) is 24.3 Å². The number of rotatable bonds is 1. The molecule has 6 N–H and O–H groups in total. The van der Waals surface area contributed by atoms with E-state index in [9.17, 15) is 30.6 Å². The summed E-state index contributed by atoms with van der Waals surface area (Å²) < 4.78 is 5.54. The second-order valence-electron chi connectivity index (χ2n) is 5.15. The molecule has 0 unspecified atom stereocenters. The number of phenolic OH excluding ortho intramolecular Hbond substituents is 5. The average Bonchev–Trinajstić information content (AvgIpc) is 2.43. The van der Waals surface area contributed by atoms with Crippen LogP contribution in [0.5, 0.6) is 34.5 Å². The second kappa shape index (κ2) is 4.88. The van der Waals surface area contributed by atoms with Gasteiger partial charge in [-0.1, -0.05) is 0 Å². The summed E-state index contributed by atoms with van der Waals surface area (Å²) in [6.45, 7) is 0. The summed E-state index contributed by atoms with van der Waals surface area (Å²) >= 11 is 0. The van der Waals surface area contributed by atoms with E-state index >= 15 is 0 Å². The number of phenols is 5. The summed E-state index contributed by atoms with van der Waals surface area (Å²) in [6.07, 6.45) is -2.09. The van der Waals surface area contributed by atoms with Gasteiger partial charge in [-0.05, 0) is 6.07 Å². The molecule has 0 fully saturated rings. The Morgan fingerprint density at radius 2 is 1.50 bits per heavy atom. The summed E-state index contributed by atoms with van der Waals surface area (Å²) in [6, 6.07) is 4.45. The van der Waals surface area contributed by atoms with E-state index in [2.05, 4.69) is 0 Å². The highest BCUT2D eigenvalue weighted by Crippen LogP contribution is 2.45. The van der Waals surface area contributed by atoms with Crippen molar-refractivity contribution in [3.63, 3.8) is 0 Å². The van der Waals surface area contributed by atoms with Crippen LogP contribution in [-0.2, 0) is 6.42 Å². The fraction of sp³-hybridized carbons (Fsp3) is 0.200. The molecule has 7 heteroatoms. The first-order chi connectivity index (χ1) is 10.4. The second-order valence-corrected chi connectivity index (χ2v) is 5.15. The first kappa shape index (κ1) is 14.2. The van der Waals surface area contributed by atoms with E-state index in [4.69, 9.17) is 4.74 Å². The lowest BCUT2D eigenvalue weighted by molar-refractivity contribution is 0.0184. The highest BCUT2D eigenvalue weighted by Gasteiger charge is 2.34. The molecule has 1 aliphatic heterocycles. The van der Waals surface area contributed by atoms with Crippen LogP contribution in [0.25, 0.3) is 0 Å². The summed E-state index contributed by atoms with van der Waals surface area (Å²) in [4.78, 5) is 0. The van der Waals surface area contributed by atoms with Crippen molar-refractivity contribution in [1.29, 1.82) is 0 Å². The first-order valence-corrected chi connectivity index (χ1v) is 6.51. The lowest BCUT2D eigenvalue weighted by Crippen LogP contribution is -2.30. The Morgan fingerprint density at radius 3 is 2.23 bits per heavy atom. The van der Waals surface area contributed by atoms with Gasteiger partial charge in [-0.15, -0.1) is 0 Å². The zero-order chi connectivity index (χ0) is 16.0. The van der Waals surface area contributed by atoms with Gasteiger partial charge in [0.2, 0.25) is 0 Å². The van der Waals surface area contributed by atoms with Gasteiger partial charge in [-0.3, -0.25) is 0 Å². The van der Waals surface area contributed by atoms with Crippen LogP contribution in [-0.4, -0.2) is 36.7 Å². The number of aliphatic hydroxyl groups is 1. The fourth-order valence-electron chi connectivity index (χ4n) is 2.54. The molecule has 0 saturated carbocycles. The largest absolute Gasteiger partial charge is 0.508 e. The molecule has 2 aromatic rings. The topological polar surface area (TPSA) is 131 Å². The number of ether oxygens (including phenoxy) is 1. The van der Waals surface area contributed by atoms with E-state index in [1.165, 1.54) is 6.07 Å². The van der Waals surface area contributed by atoms with Crippen molar-refractivity contribution >= 4 is 0 Å². The van der Waals surface area contributed by atoms with Crippen LogP contribution in [0.4, 0.5) is 0 Å². The molecule has 1 heterocycles. The van der Waals surface area contributed by atoms with Crippen LogP contribution < -0.4 is 4.74 Å². The Kier molecular flexibility index (Phi) is 3.14. The van der Waals surface area contributed by atoms with Gasteiger partial charge in [0.1, 0.15) is 23.0 Å². The third kappa shape index (κ3) is 2.21. The van der Waals surface area contributed by atoms with Crippen LogP contribution in [0.3, 0.4) is 0 Å². The molecule has 3 rings (SSSR count). The van der Waals surface area contributed by atoms with Crippen LogP contribution in [0.2, 0.25) is 0 Å². The van der Waals surface area contributed by atoms with Crippen molar-refractivity contribution in [3.05, 3.63) is 35.4 Å². The minimum absolute atomic E-state index is 0.0349. The van der Waals surface area contributed by atoms with Crippen molar-refractivity contribution in [1.82, 2.24) is 0 Å². The molecule has 0 aliphatic carbocycles. The molecule has 0 spiro atoms. The fourth-order valence-corrected chi connectivity index (χ4v) is 2.54. The SMILES string of the molecule is Oc1cc(O)c2c(c1)O[C@@H](c1cc(O)c(O)cc1O)[C@@H](O)C2. The van der Waals surface area contributed by atoms with Crippen molar-refractivity contribution in [2.75, 3.05) is 0 Å². The monoisotopic (exact) mass is 306 g/mol. The molecule has 7 nitrogen and oxygen atoms in total. The summed E-state index contributed by atoms with van der Waals surface area (Å²) in [5.74, 6) is -1.56. The third-order valence-corrected chi connectivity index (χ3v) is 3.62. The Hall–Kier alpha value is -2.80. The van der Waals surface area contributed by atoms with Crippen molar-refractivity contribution in [2.45, 2.75) is 18.6 Å². The molecule has 2 atom stereocenters. The quantitative estimate of drug-likeness (QED) is 0.345. The van der Waals surface area contributed by atoms with E-state index in [0.717, 1.165) is 18.2 Å². The van der Waals surface area contributed by atoms with Crippen molar-refractivity contribution in [3.8, 4) is 34.5 Å². The Balaban J connectivity index is 2.05. The Bertz CT molecular complexity index is 741. The molecule has 0 amide bonds. The zero-order valence-electron chi connectivity index (χ0n) is 11.3. The highest BCUT2D eigenvalue weighted by molar-refractivity contribution is 5.54. The molecule has 0 radical (unpaired) electrons. The minimum Gasteiger partial charge on any atom is -0.508 e. The number of aliphatic hydroxyl groups excluding tert-OH is 1. The number of fused-ring (bicyclic) bond motifs is 1. The van der Waals surface area contributed by atoms with Gasteiger partial charge >= 0.3 is 0 Å². The number of benzene rings is 2. The van der Waals surface area contributed by atoms with Crippen LogP contribution >= 0.6 is 0 Å². The number of hydrogen-bond acceptors (Lipinski definition) is 7. The molecule has 0 aromatic heterocycles. The van der Waals surface area contributed by atoms with Crippen LogP contribution in [0, 0.1) is 0 Å². The molecule has 0 saturated heterocycles. The Morgan fingerprint density at radius 1 is 0.818 bits per heavy atom. The zero-order valence-corrected chi connectivity index (χ0v) is 11.3. The molecular weight excluding hydrogens is 292 g/mol. The standard InChI is InChI=1S/C15H14O7/c16-6-1-9(17)7-3-13(21)15(22-14(7)2-6)8-4-11(19)12(20)5-10(8)18/h1-2,4-5,13,15-21H,3H2/t13-,15-/m0/s1. The number of aromatic hydroxyl groups is 5. The summed E-state index contributed by atoms with van der Waals surface area (Å²) in [5, 5.41) is 58.2. The van der Waals surface area contributed by atoms with Gasteiger partial charge in [0, 0.05) is 35.7 Å². The molecule has 0 bridgehead atoms. The lowest BCUT2D eigenvalue weighted by Gasteiger charge is -2.31. The maximum atomic E-state index is 10.2. The van der Waals surface area contributed by atoms with E-state index in [1.807, 2.05) is 0 Å². The van der Waals surface area contributed by atoms with Gasteiger partial charge in [-0.25, -0.2) is 0 Å². The van der Waals surface area contributed by atoms with Gasteiger partial charge in [-0.2, -0.15) is 0 Å². The van der Waals surface area contributed by atoms with Crippen molar-refractivity contribution in [2.24, 2.45) is 0 Å². The summed E-state index contributed by atoms with van der Waals surface area (Å²) in [7, 11) is 0. The highest BCUT2D eigenvalue weighted by atomic mass is 16.5.